The number of ether oxygens (including phenoxy) is 3. The zero-order valence-corrected chi connectivity index (χ0v) is 31.7. The Bertz CT molecular complexity index is 1940. The van der Waals surface area contributed by atoms with E-state index in [1.165, 1.54) is 6.20 Å². The number of rotatable bonds is 8. The Morgan fingerprint density at radius 2 is 1.29 bits per heavy atom. The fraction of sp³-hybridized carbons (Fsp3) is 0.487. The molecular formula is C39H44ClN5O7. The molecule has 52 heavy (non-hydrogen) atoms. The molecule has 0 bridgehead atoms. The van der Waals surface area contributed by atoms with Crippen LogP contribution in [0.5, 0.6) is 0 Å². The molecule has 0 spiro atoms. The maximum atomic E-state index is 12.7. The van der Waals surface area contributed by atoms with Gasteiger partial charge in [0.05, 0.1) is 40.9 Å². The maximum absolute atomic E-state index is 12.7. The molecule has 0 radical (unpaired) electrons. The van der Waals surface area contributed by atoms with E-state index < -0.39 is 16.8 Å². The molecule has 0 N–H and O–H groups in total. The van der Waals surface area contributed by atoms with Gasteiger partial charge in [-0.05, 0) is 84.6 Å². The van der Waals surface area contributed by atoms with Gasteiger partial charge in [0.1, 0.15) is 34.1 Å². The van der Waals surface area contributed by atoms with Crippen LogP contribution in [-0.2, 0) is 57.1 Å². The van der Waals surface area contributed by atoms with Crippen molar-refractivity contribution in [2.24, 2.45) is 0 Å². The summed E-state index contributed by atoms with van der Waals surface area (Å²) in [5.41, 5.74) is 2.50. The van der Waals surface area contributed by atoms with Crippen LogP contribution in [0.15, 0.2) is 35.7 Å². The van der Waals surface area contributed by atoms with Crippen molar-refractivity contribution in [3.8, 4) is 12.1 Å². The highest BCUT2D eigenvalue weighted by molar-refractivity contribution is 6.52. The first kappa shape index (κ1) is 39.9. The summed E-state index contributed by atoms with van der Waals surface area (Å²) in [6.07, 6.45) is 4.99. The number of aromatic nitrogens is 2. The smallest absolute Gasteiger partial charge is 0.317 e. The zero-order valence-electron chi connectivity index (χ0n) is 30.9. The topological polar surface area (TPSA) is 173 Å². The number of esters is 2. The Morgan fingerprint density at radius 3 is 1.73 bits per heavy atom. The summed E-state index contributed by atoms with van der Waals surface area (Å²) in [5, 5.41) is 18.9. The number of piperidine rings is 1. The molecule has 274 valence electrons. The summed E-state index contributed by atoms with van der Waals surface area (Å²) in [7, 11) is 1.71. The minimum absolute atomic E-state index is 0.0553. The number of nitriles is 2. The first-order chi connectivity index (χ1) is 24.5. The molecule has 12 nitrogen and oxygen atoms in total. The first-order valence-electron chi connectivity index (χ1n) is 17.1. The summed E-state index contributed by atoms with van der Waals surface area (Å²) < 4.78 is 15.9. The number of hydrogen-bond donors (Lipinski definition) is 0. The van der Waals surface area contributed by atoms with Crippen molar-refractivity contribution in [3.63, 3.8) is 0 Å². The fourth-order valence-corrected chi connectivity index (χ4v) is 6.52. The molecule has 5 rings (SSSR count). The third-order valence-corrected chi connectivity index (χ3v) is 10.3. The van der Waals surface area contributed by atoms with Crippen LogP contribution < -0.4 is 0 Å². The Kier molecular flexibility index (Phi) is 12.1. The van der Waals surface area contributed by atoms with Crippen LogP contribution in [0.2, 0.25) is 0 Å². The van der Waals surface area contributed by atoms with Gasteiger partial charge in [-0.2, -0.15) is 10.5 Å². The van der Waals surface area contributed by atoms with Crippen LogP contribution in [0.25, 0.3) is 10.7 Å². The van der Waals surface area contributed by atoms with Gasteiger partial charge < -0.3 is 19.1 Å². The predicted octanol–water partition coefficient (Wildman–Crippen LogP) is 5.30. The first-order valence-corrected chi connectivity index (χ1v) is 17.5. The largest absolute Gasteiger partial charge is 0.465 e. The van der Waals surface area contributed by atoms with E-state index in [1.54, 1.807) is 60.9 Å². The molecule has 1 fully saturated rings. The van der Waals surface area contributed by atoms with Gasteiger partial charge >= 0.3 is 11.9 Å². The van der Waals surface area contributed by atoms with Gasteiger partial charge in [-0.1, -0.05) is 11.6 Å². The van der Waals surface area contributed by atoms with Gasteiger partial charge in [0.15, 0.2) is 11.6 Å². The highest BCUT2D eigenvalue weighted by atomic mass is 35.5. The highest BCUT2D eigenvalue weighted by Crippen LogP contribution is 2.38. The van der Waals surface area contributed by atoms with E-state index in [-0.39, 0.29) is 65.4 Å². The van der Waals surface area contributed by atoms with Gasteiger partial charge in [-0.3, -0.25) is 29.1 Å². The number of likely N-dealkylation sites (tertiary alicyclic amines) is 1. The second-order valence-electron chi connectivity index (χ2n) is 14.1. The third-order valence-electron chi connectivity index (χ3n) is 9.89. The summed E-state index contributed by atoms with van der Waals surface area (Å²) in [6.45, 7) is 14.5. The standard InChI is InChI=1S/C23H29N3O4.C16H15ClN2O3/c1-6-30-21(28)22(2,3)19-12-16-15(14-25-19)11-18(27)17(13-24)20(16)26-9-7-23(4,29-5)8-10-26;1-4-22-15(21)16(2,3)13-6-10-9(8-19-13)5-12(20)11(7-18)14(10)17/h12,14H,6-11H2,1-5H3;6,8H,4-5H2,1-3H3. The van der Waals surface area contributed by atoms with Crippen LogP contribution in [0.1, 0.15) is 94.9 Å². The number of methoxy groups -OCH3 is 1. The molecule has 0 aromatic carbocycles. The predicted molar refractivity (Wildman–Crippen MR) is 192 cm³/mol. The van der Waals surface area contributed by atoms with Gasteiger partial charge in [0.25, 0.3) is 0 Å². The number of ketones is 2. The molecule has 2 aromatic heterocycles. The lowest BCUT2D eigenvalue weighted by Gasteiger charge is -2.41. The Morgan fingerprint density at radius 1 is 0.846 bits per heavy atom. The number of hydrogen-bond acceptors (Lipinski definition) is 12. The summed E-state index contributed by atoms with van der Waals surface area (Å²) >= 11 is 6.16. The SMILES string of the molecule is CCOC(=O)C(C)(C)c1cc2c(cn1)CC(=O)C(C#N)=C2Cl.CCOC(=O)C(C)(C)c1cc2c(cn1)CC(=O)C(C#N)=C2N1CCC(C)(OC)CC1. The molecule has 0 unspecified atom stereocenters. The maximum Gasteiger partial charge on any atom is 0.317 e. The number of allylic oxidation sites excluding steroid dienone is 2. The summed E-state index contributed by atoms with van der Waals surface area (Å²) in [4.78, 5) is 59.9. The number of pyridine rings is 2. The normalized spacial score (nSPS) is 16.9. The van der Waals surface area contributed by atoms with E-state index in [9.17, 15) is 24.4 Å². The van der Waals surface area contributed by atoms with Crippen molar-refractivity contribution in [1.82, 2.24) is 14.9 Å². The van der Waals surface area contributed by atoms with E-state index >= 15 is 0 Å². The third kappa shape index (κ3) is 7.79. The second kappa shape index (κ2) is 15.8. The van der Waals surface area contributed by atoms with Crippen molar-refractivity contribution in [2.45, 2.75) is 90.6 Å². The minimum Gasteiger partial charge on any atom is -0.465 e. The molecule has 2 aromatic rings. The van der Waals surface area contributed by atoms with Crippen molar-refractivity contribution < 1.29 is 33.4 Å². The van der Waals surface area contributed by atoms with Crippen molar-refractivity contribution in [2.75, 3.05) is 33.4 Å². The van der Waals surface area contributed by atoms with Crippen molar-refractivity contribution in [3.05, 3.63) is 69.3 Å². The molecule has 0 amide bonds. The number of halogens is 1. The molecule has 1 aliphatic heterocycles. The lowest BCUT2D eigenvalue weighted by Crippen LogP contribution is -2.44. The number of carbonyl (C=O) groups is 4. The molecular weight excluding hydrogens is 686 g/mol. The van der Waals surface area contributed by atoms with Crippen LogP contribution >= 0.6 is 11.6 Å². The molecule has 0 saturated carbocycles. The van der Waals surface area contributed by atoms with E-state index in [4.69, 9.17) is 31.1 Å². The van der Waals surface area contributed by atoms with E-state index in [0.29, 0.717) is 41.3 Å². The Labute approximate surface area is 309 Å². The lowest BCUT2D eigenvalue weighted by molar-refractivity contribution is -0.149. The Hall–Kier alpha value is -4.91. The monoisotopic (exact) mass is 729 g/mol. The van der Waals surface area contributed by atoms with Crippen LogP contribution in [0.4, 0.5) is 0 Å². The second-order valence-corrected chi connectivity index (χ2v) is 14.5. The quantitative estimate of drug-likeness (QED) is 0.321. The van der Waals surface area contributed by atoms with E-state index in [2.05, 4.69) is 27.9 Å². The number of nitrogens with zero attached hydrogens (tertiary/aromatic N) is 5. The number of carbonyl (C=O) groups excluding carboxylic acids is 4. The van der Waals surface area contributed by atoms with E-state index in [1.807, 2.05) is 12.1 Å². The molecule has 1 saturated heterocycles. The fourth-order valence-electron chi connectivity index (χ4n) is 6.20. The van der Waals surface area contributed by atoms with Crippen LogP contribution in [0.3, 0.4) is 0 Å². The number of fused-ring (bicyclic) bond motifs is 2. The average Bonchev–Trinajstić information content (AvgIpc) is 3.11. The highest BCUT2D eigenvalue weighted by Gasteiger charge is 2.39. The molecule has 2 aliphatic carbocycles. The molecule has 13 heteroatoms. The minimum atomic E-state index is -0.948. The average molecular weight is 730 g/mol. The van der Waals surface area contributed by atoms with Crippen LogP contribution in [0, 0.1) is 22.7 Å². The van der Waals surface area contributed by atoms with Gasteiger partial charge in [0, 0.05) is 56.6 Å². The van der Waals surface area contributed by atoms with Gasteiger partial charge in [-0.25, -0.2) is 0 Å². The van der Waals surface area contributed by atoms with E-state index in [0.717, 1.165) is 24.0 Å². The summed E-state index contributed by atoms with van der Waals surface area (Å²) in [5.74, 6) is -1.27. The zero-order chi connectivity index (χ0) is 38.6. The van der Waals surface area contributed by atoms with Crippen LogP contribution in [-0.4, -0.2) is 77.4 Å². The van der Waals surface area contributed by atoms with Crippen molar-refractivity contribution >= 4 is 45.8 Å². The van der Waals surface area contributed by atoms with Gasteiger partial charge in [-0.15, -0.1) is 0 Å². The van der Waals surface area contributed by atoms with Gasteiger partial charge in [0.2, 0.25) is 0 Å². The molecule has 3 heterocycles. The van der Waals surface area contributed by atoms with Crippen molar-refractivity contribution in [1.29, 1.82) is 10.5 Å². The number of Topliss-reactive ketones (excluding diaryl/α,β-unsaturated/α-hetero) is 2. The Balaban J connectivity index is 0.000000244. The molecule has 0 atom stereocenters. The lowest BCUT2D eigenvalue weighted by atomic mass is 9.83. The summed E-state index contributed by atoms with van der Waals surface area (Å²) in [6, 6.07) is 7.45. The molecule has 3 aliphatic rings.